The molecule has 3 rings (SSSR count). The number of carbonyl (C=O) groups excluding carboxylic acids is 2. The van der Waals surface area contributed by atoms with Crippen LogP contribution < -0.4 is 5.32 Å². The van der Waals surface area contributed by atoms with Crippen LogP contribution in [0.25, 0.3) is 0 Å². The summed E-state index contributed by atoms with van der Waals surface area (Å²) in [5, 5.41) is 13.8. The molecule has 2 aromatic rings. The minimum absolute atomic E-state index is 0.156. The minimum Gasteiger partial charge on any atom is -0.481 e. The molecule has 1 aliphatic rings. The molecule has 0 radical (unpaired) electrons. The quantitative estimate of drug-likeness (QED) is 0.892. The van der Waals surface area contributed by atoms with E-state index in [9.17, 15) is 14.4 Å². The van der Waals surface area contributed by atoms with Crippen LogP contribution in [0.4, 0.5) is 5.00 Å². The van der Waals surface area contributed by atoms with Gasteiger partial charge >= 0.3 is 5.97 Å². The lowest BCUT2D eigenvalue weighted by Gasteiger charge is -2.16. The number of nitrogens with zero attached hydrogens (tertiary/aromatic N) is 1. The number of carboxylic acid groups (broad SMARTS) is 1. The Labute approximate surface area is 135 Å². The van der Waals surface area contributed by atoms with Crippen LogP contribution >= 0.6 is 11.3 Å². The third-order valence-corrected chi connectivity index (χ3v) is 4.52. The fourth-order valence-corrected chi connectivity index (χ4v) is 3.24. The second kappa shape index (κ2) is 6.25. The van der Waals surface area contributed by atoms with E-state index in [0.717, 1.165) is 0 Å². The predicted molar refractivity (Wildman–Crippen MR) is 82.6 cm³/mol. The van der Waals surface area contributed by atoms with Crippen molar-refractivity contribution < 1.29 is 23.9 Å². The van der Waals surface area contributed by atoms with E-state index in [4.69, 9.17) is 9.52 Å². The van der Waals surface area contributed by atoms with Gasteiger partial charge in [-0.05, 0) is 30.0 Å². The van der Waals surface area contributed by atoms with Gasteiger partial charge in [-0.25, -0.2) is 0 Å². The number of thiophene rings is 1. The topological polar surface area (TPSA) is 99.9 Å². The summed E-state index contributed by atoms with van der Waals surface area (Å²) in [6, 6.07) is 4.76. The molecule has 1 saturated heterocycles. The van der Waals surface area contributed by atoms with Crippen molar-refractivity contribution in [3.63, 3.8) is 0 Å². The zero-order valence-corrected chi connectivity index (χ0v) is 12.8. The lowest BCUT2D eigenvalue weighted by Crippen LogP contribution is -2.30. The molecule has 23 heavy (non-hydrogen) atoms. The molecule has 8 heteroatoms. The van der Waals surface area contributed by atoms with Crippen molar-refractivity contribution in [1.29, 1.82) is 0 Å². The molecule has 7 nitrogen and oxygen atoms in total. The maximum absolute atomic E-state index is 12.5. The number of likely N-dealkylation sites (tertiary alicyclic amines) is 1. The lowest BCUT2D eigenvalue weighted by atomic mass is 10.1. The molecule has 0 aliphatic carbocycles. The molecule has 120 valence electrons. The number of rotatable bonds is 4. The van der Waals surface area contributed by atoms with Gasteiger partial charge in [-0.1, -0.05) is 0 Å². The predicted octanol–water partition coefficient (Wildman–Crippen LogP) is 2.14. The number of hydrogen-bond acceptors (Lipinski definition) is 5. The first-order valence-electron chi connectivity index (χ1n) is 7.00. The van der Waals surface area contributed by atoms with Crippen molar-refractivity contribution in [3.05, 3.63) is 41.2 Å². The van der Waals surface area contributed by atoms with Crippen molar-refractivity contribution in [3.8, 4) is 0 Å². The van der Waals surface area contributed by atoms with Crippen LogP contribution in [0.5, 0.6) is 0 Å². The molecule has 0 aromatic carbocycles. The number of hydrogen-bond donors (Lipinski definition) is 2. The first-order chi connectivity index (χ1) is 11.1. The van der Waals surface area contributed by atoms with Crippen molar-refractivity contribution in [2.45, 2.75) is 6.42 Å². The van der Waals surface area contributed by atoms with Crippen molar-refractivity contribution in [2.24, 2.45) is 5.92 Å². The van der Waals surface area contributed by atoms with Gasteiger partial charge in [0.25, 0.3) is 11.8 Å². The van der Waals surface area contributed by atoms with E-state index >= 15 is 0 Å². The van der Waals surface area contributed by atoms with E-state index in [1.165, 1.54) is 28.6 Å². The van der Waals surface area contributed by atoms with E-state index in [1.807, 2.05) is 0 Å². The normalized spacial score (nSPS) is 17.2. The van der Waals surface area contributed by atoms with Crippen LogP contribution in [0.2, 0.25) is 0 Å². The van der Waals surface area contributed by atoms with Crippen LogP contribution in [0.1, 0.15) is 27.3 Å². The van der Waals surface area contributed by atoms with Gasteiger partial charge < -0.3 is 19.7 Å². The summed E-state index contributed by atoms with van der Waals surface area (Å²) in [6.07, 6.45) is 1.84. The maximum Gasteiger partial charge on any atom is 0.308 e. The summed E-state index contributed by atoms with van der Waals surface area (Å²) >= 11 is 1.23. The first kappa shape index (κ1) is 15.3. The Morgan fingerprint density at radius 2 is 2.17 bits per heavy atom. The highest BCUT2D eigenvalue weighted by Gasteiger charge is 2.32. The summed E-state index contributed by atoms with van der Waals surface area (Å²) in [7, 11) is 0. The molecule has 0 bridgehead atoms. The molecule has 0 spiro atoms. The van der Waals surface area contributed by atoms with Crippen LogP contribution in [-0.4, -0.2) is 40.9 Å². The summed E-state index contributed by atoms with van der Waals surface area (Å²) in [6.45, 7) is 0.590. The number of aliphatic carboxylic acids is 1. The Bertz CT molecular complexity index is 737. The van der Waals surface area contributed by atoms with E-state index in [1.54, 1.807) is 17.5 Å². The first-order valence-corrected chi connectivity index (χ1v) is 7.88. The summed E-state index contributed by atoms with van der Waals surface area (Å²) in [4.78, 5) is 37.0. The Kier molecular flexibility index (Phi) is 4.16. The van der Waals surface area contributed by atoms with Crippen molar-refractivity contribution >= 4 is 34.1 Å². The molecule has 0 saturated carbocycles. The molecule has 1 fully saturated rings. The smallest absolute Gasteiger partial charge is 0.308 e. The number of carboxylic acids is 1. The molecular weight excluding hydrogens is 320 g/mol. The Morgan fingerprint density at radius 3 is 2.83 bits per heavy atom. The average molecular weight is 334 g/mol. The van der Waals surface area contributed by atoms with Crippen LogP contribution in [-0.2, 0) is 4.79 Å². The second-order valence-corrected chi connectivity index (χ2v) is 6.09. The third kappa shape index (κ3) is 3.11. The highest BCUT2D eigenvalue weighted by molar-refractivity contribution is 7.14. The number of furan rings is 1. The van der Waals surface area contributed by atoms with E-state index in [2.05, 4.69) is 5.32 Å². The molecule has 1 aliphatic heterocycles. The van der Waals surface area contributed by atoms with Gasteiger partial charge in [-0.2, -0.15) is 0 Å². The molecular formula is C15H14N2O5S. The third-order valence-electron chi connectivity index (χ3n) is 3.69. The highest BCUT2D eigenvalue weighted by atomic mass is 32.1. The van der Waals surface area contributed by atoms with Crippen LogP contribution in [0.15, 0.2) is 34.3 Å². The number of anilines is 1. The summed E-state index contributed by atoms with van der Waals surface area (Å²) in [5.41, 5.74) is 0.362. The van der Waals surface area contributed by atoms with Crippen LogP contribution in [0, 0.1) is 5.92 Å². The standard InChI is InChI=1S/C15H14N2O5S/c18-12(11-2-1-6-22-11)16-13-10(4-7-23-13)14(19)17-5-3-9(8-17)15(20)21/h1-2,4,6-7,9H,3,5,8H2,(H,16,18)(H,20,21). The number of carbonyl (C=O) groups is 3. The molecule has 2 N–H and O–H groups in total. The molecule has 2 amide bonds. The highest BCUT2D eigenvalue weighted by Crippen LogP contribution is 2.27. The number of amides is 2. The zero-order chi connectivity index (χ0) is 16.4. The molecule has 2 aromatic heterocycles. The van der Waals surface area contributed by atoms with E-state index in [-0.39, 0.29) is 18.2 Å². The maximum atomic E-state index is 12.5. The second-order valence-electron chi connectivity index (χ2n) is 5.17. The lowest BCUT2D eigenvalue weighted by molar-refractivity contribution is -0.141. The van der Waals surface area contributed by atoms with Gasteiger partial charge in [0.05, 0.1) is 17.7 Å². The fourth-order valence-electron chi connectivity index (χ4n) is 2.46. The van der Waals surface area contributed by atoms with Gasteiger partial charge in [0.2, 0.25) is 0 Å². The summed E-state index contributed by atoms with van der Waals surface area (Å²) < 4.78 is 5.02. The zero-order valence-electron chi connectivity index (χ0n) is 12.0. The Morgan fingerprint density at radius 1 is 1.35 bits per heavy atom. The molecule has 1 unspecified atom stereocenters. The average Bonchev–Trinajstić information content (AvgIpc) is 3.27. The van der Waals surface area contributed by atoms with E-state index < -0.39 is 17.8 Å². The van der Waals surface area contributed by atoms with Gasteiger partial charge in [-0.3, -0.25) is 14.4 Å². The Hall–Kier alpha value is -2.61. The van der Waals surface area contributed by atoms with Crippen molar-refractivity contribution in [1.82, 2.24) is 4.90 Å². The monoisotopic (exact) mass is 334 g/mol. The fraction of sp³-hybridized carbons (Fsp3) is 0.267. The minimum atomic E-state index is -0.892. The van der Waals surface area contributed by atoms with Gasteiger partial charge in [0.15, 0.2) is 5.76 Å². The SMILES string of the molecule is O=C(Nc1sccc1C(=O)N1CCC(C(=O)O)C1)c1ccco1. The van der Waals surface area contributed by atoms with Crippen molar-refractivity contribution in [2.75, 3.05) is 18.4 Å². The van der Waals surface area contributed by atoms with E-state index in [0.29, 0.717) is 23.5 Å². The van der Waals surface area contributed by atoms with Gasteiger partial charge in [0.1, 0.15) is 5.00 Å². The largest absolute Gasteiger partial charge is 0.481 e. The molecule has 1 atom stereocenters. The number of nitrogens with one attached hydrogen (secondary N) is 1. The molecule has 3 heterocycles. The van der Waals surface area contributed by atoms with Crippen LogP contribution in [0.3, 0.4) is 0 Å². The summed E-state index contributed by atoms with van der Waals surface area (Å²) in [5.74, 6) is -1.97. The van der Waals surface area contributed by atoms with Gasteiger partial charge in [-0.15, -0.1) is 11.3 Å². The Balaban J connectivity index is 1.72. The van der Waals surface area contributed by atoms with Gasteiger partial charge in [0, 0.05) is 13.1 Å².